The molecule has 0 saturated heterocycles. The van der Waals surface area contributed by atoms with E-state index in [-0.39, 0.29) is 6.10 Å². The van der Waals surface area contributed by atoms with Gasteiger partial charge in [-0.3, -0.25) is 0 Å². The van der Waals surface area contributed by atoms with Crippen LogP contribution in [0.2, 0.25) is 0 Å². The predicted octanol–water partition coefficient (Wildman–Crippen LogP) is 2.42. The molecule has 1 heterocycles. The second kappa shape index (κ2) is 6.00. The maximum Gasteiger partial charge on any atom is 0.221 e. The molecule has 1 aliphatic rings. The summed E-state index contributed by atoms with van der Waals surface area (Å²) in [5.41, 5.74) is 3.44. The molecule has 1 aromatic heterocycles. The monoisotopic (exact) mass is 250 g/mol. The highest BCUT2D eigenvalue weighted by Gasteiger charge is 2.23. The Bertz CT molecular complexity index is 397. The van der Waals surface area contributed by atoms with Crippen molar-refractivity contribution in [2.75, 3.05) is 5.43 Å². The smallest absolute Gasteiger partial charge is 0.221 e. The number of nitrogens with two attached hydrogens (primary N) is 1. The van der Waals surface area contributed by atoms with Gasteiger partial charge in [0.25, 0.3) is 0 Å². The zero-order valence-electron chi connectivity index (χ0n) is 11.1. The lowest BCUT2D eigenvalue weighted by molar-refractivity contribution is 0.116. The van der Waals surface area contributed by atoms with Crippen molar-refractivity contribution in [3.05, 3.63) is 11.9 Å². The molecule has 0 aliphatic heterocycles. The van der Waals surface area contributed by atoms with Gasteiger partial charge in [-0.05, 0) is 32.1 Å². The van der Waals surface area contributed by atoms with Crippen LogP contribution in [-0.2, 0) is 0 Å². The number of ether oxygens (including phenoxy) is 1. The summed E-state index contributed by atoms with van der Waals surface area (Å²) in [5.74, 6) is 7.47. The normalized spacial score (nSPS) is 23.7. The number of aromatic nitrogens is 2. The van der Waals surface area contributed by atoms with Crippen LogP contribution in [0.25, 0.3) is 0 Å². The van der Waals surface area contributed by atoms with Crippen molar-refractivity contribution in [1.29, 1.82) is 0 Å². The Morgan fingerprint density at radius 2 is 2.28 bits per heavy atom. The van der Waals surface area contributed by atoms with Gasteiger partial charge in [0.1, 0.15) is 18.2 Å². The van der Waals surface area contributed by atoms with Gasteiger partial charge in [0.15, 0.2) is 0 Å². The Morgan fingerprint density at radius 3 is 3.00 bits per heavy atom. The van der Waals surface area contributed by atoms with Crippen molar-refractivity contribution in [2.24, 2.45) is 11.8 Å². The zero-order valence-corrected chi connectivity index (χ0v) is 11.1. The quantitative estimate of drug-likeness (QED) is 0.634. The number of hydrogen-bond donors (Lipinski definition) is 2. The molecule has 1 fully saturated rings. The third-order valence-corrected chi connectivity index (χ3v) is 3.76. The number of hydrazine groups is 1. The number of nitrogen functional groups attached to an aromatic ring is 1. The van der Waals surface area contributed by atoms with E-state index in [1.165, 1.54) is 25.6 Å². The van der Waals surface area contributed by atoms with Crippen molar-refractivity contribution < 1.29 is 4.74 Å². The van der Waals surface area contributed by atoms with E-state index in [2.05, 4.69) is 22.3 Å². The number of nitrogens with zero attached hydrogens (tertiary/aromatic N) is 2. The van der Waals surface area contributed by atoms with E-state index in [1.54, 1.807) is 0 Å². The van der Waals surface area contributed by atoms with Crippen LogP contribution in [0.5, 0.6) is 5.88 Å². The third kappa shape index (κ3) is 2.90. The lowest BCUT2D eigenvalue weighted by Crippen LogP contribution is -2.26. The Kier molecular flexibility index (Phi) is 4.36. The summed E-state index contributed by atoms with van der Waals surface area (Å²) in [6.45, 7) is 4.17. The summed E-state index contributed by atoms with van der Waals surface area (Å²) in [6.07, 6.45) is 7.82. The van der Waals surface area contributed by atoms with E-state index in [1.807, 2.05) is 6.92 Å². The summed E-state index contributed by atoms with van der Waals surface area (Å²) in [7, 11) is 0. The molecule has 0 radical (unpaired) electrons. The highest BCUT2D eigenvalue weighted by atomic mass is 16.5. The summed E-state index contributed by atoms with van der Waals surface area (Å²) in [5, 5.41) is 0. The number of rotatable bonds is 4. The average Bonchev–Trinajstić information content (AvgIpc) is 2.41. The van der Waals surface area contributed by atoms with Gasteiger partial charge in [-0.2, -0.15) is 0 Å². The molecule has 5 heteroatoms. The second-order valence-electron chi connectivity index (χ2n) is 4.98. The molecular weight excluding hydrogens is 228 g/mol. The first-order valence-electron chi connectivity index (χ1n) is 6.69. The Balaban J connectivity index is 2.04. The van der Waals surface area contributed by atoms with Crippen LogP contribution in [0.3, 0.4) is 0 Å². The van der Waals surface area contributed by atoms with E-state index >= 15 is 0 Å². The van der Waals surface area contributed by atoms with E-state index in [0.29, 0.717) is 11.7 Å². The van der Waals surface area contributed by atoms with Crippen LogP contribution in [0.1, 0.15) is 44.6 Å². The first-order chi connectivity index (χ1) is 8.74. The van der Waals surface area contributed by atoms with Crippen LogP contribution in [0.15, 0.2) is 6.33 Å². The summed E-state index contributed by atoms with van der Waals surface area (Å²) in [6, 6.07) is 0. The van der Waals surface area contributed by atoms with Gasteiger partial charge in [0.05, 0.1) is 5.56 Å². The van der Waals surface area contributed by atoms with Crippen LogP contribution in [0.4, 0.5) is 5.82 Å². The fourth-order valence-corrected chi connectivity index (χ4v) is 2.58. The zero-order chi connectivity index (χ0) is 13.0. The first-order valence-corrected chi connectivity index (χ1v) is 6.69. The molecule has 1 saturated carbocycles. The molecule has 0 spiro atoms. The van der Waals surface area contributed by atoms with Crippen molar-refractivity contribution in [1.82, 2.24) is 9.97 Å². The lowest BCUT2D eigenvalue weighted by atomic mass is 9.85. The fraction of sp³-hybridized carbons (Fsp3) is 0.692. The van der Waals surface area contributed by atoms with Gasteiger partial charge in [-0.15, -0.1) is 0 Å². The molecule has 100 valence electrons. The SMILES string of the molecule is CCC1CCCC(Oc2ncnc(NN)c2C)C1. The van der Waals surface area contributed by atoms with E-state index < -0.39 is 0 Å². The lowest BCUT2D eigenvalue weighted by Gasteiger charge is -2.29. The Morgan fingerprint density at radius 1 is 1.44 bits per heavy atom. The van der Waals surface area contributed by atoms with E-state index in [4.69, 9.17) is 10.6 Å². The van der Waals surface area contributed by atoms with Gasteiger partial charge in [-0.1, -0.05) is 19.8 Å². The number of anilines is 1. The number of hydrogen-bond acceptors (Lipinski definition) is 5. The fourth-order valence-electron chi connectivity index (χ4n) is 2.58. The number of nitrogens with one attached hydrogen (secondary N) is 1. The van der Waals surface area contributed by atoms with Crippen molar-refractivity contribution >= 4 is 5.82 Å². The molecule has 5 nitrogen and oxygen atoms in total. The largest absolute Gasteiger partial charge is 0.474 e. The molecule has 1 aliphatic carbocycles. The minimum Gasteiger partial charge on any atom is -0.474 e. The molecule has 18 heavy (non-hydrogen) atoms. The van der Waals surface area contributed by atoms with Gasteiger partial charge < -0.3 is 10.2 Å². The molecule has 0 bridgehead atoms. The van der Waals surface area contributed by atoms with Gasteiger partial charge in [0.2, 0.25) is 5.88 Å². The average molecular weight is 250 g/mol. The van der Waals surface area contributed by atoms with Gasteiger partial charge in [0, 0.05) is 0 Å². The Hall–Kier alpha value is -1.36. The third-order valence-electron chi connectivity index (χ3n) is 3.76. The van der Waals surface area contributed by atoms with Crippen molar-refractivity contribution in [3.8, 4) is 5.88 Å². The maximum atomic E-state index is 6.01. The topological polar surface area (TPSA) is 73.1 Å². The van der Waals surface area contributed by atoms with Crippen LogP contribution >= 0.6 is 0 Å². The highest BCUT2D eigenvalue weighted by molar-refractivity contribution is 5.46. The second-order valence-corrected chi connectivity index (χ2v) is 4.98. The van der Waals surface area contributed by atoms with E-state index in [9.17, 15) is 0 Å². The maximum absolute atomic E-state index is 6.01. The molecule has 2 unspecified atom stereocenters. The van der Waals surface area contributed by atoms with Crippen molar-refractivity contribution in [2.45, 2.75) is 52.1 Å². The minimum atomic E-state index is 0.280. The van der Waals surface area contributed by atoms with Gasteiger partial charge >= 0.3 is 0 Å². The minimum absolute atomic E-state index is 0.280. The molecule has 2 atom stereocenters. The van der Waals surface area contributed by atoms with Crippen molar-refractivity contribution in [3.63, 3.8) is 0 Å². The highest BCUT2D eigenvalue weighted by Crippen LogP contribution is 2.30. The Labute approximate surface area is 108 Å². The van der Waals surface area contributed by atoms with Crippen LogP contribution in [-0.4, -0.2) is 16.1 Å². The molecule has 0 aromatic carbocycles. The molecular formula is C13H22N4O. The molecule has 2 rings (SSSR count). The summed E-state index contributed by atoms with van der Waals surface area (Å²) < 4.78 is 6.01. The van der Waals surface area contributed by atoms with Crippen LogP contribution < -0.4 is 16.0 Å². The van der Waals surface area contributed by atoms with Crippen LogP contribution in [0, 0.1) is 12.8 Å². The molecule has 0 amide bonds. The van der Waals surface area contributed by atoms with E-state index in [0.717, 1.165) is 24.3 Å². The molecule has 1 aromatic rings. The van der Waals surface area contributed by atoms with Gasteiger partial charge in [-0.25, -0.2) is 15.8 Å². The summed E-state index contributed by atoms with van der Waals surface area (Å²) >= 11 is 0. The molecule has 3 N–H and O–H groups in total. The standard InChI is InChI=1S/C13H22N4O/c1-3-10-5-4-6-11(7-10)18-13-9(2)12(17-14)15-8-16-13/h8,10-11H,3-7,14H2,1-2H3,(H,15,16,17). The first kappa shape index (κ1) is 13.1. The summed E-state index contributed by atoms with van der Waals surface area (Å²) in [4.78, 5) is 8.26. The predicted molar refractivity (Wildman–Crippen MR) is 71.2 cm³/mol.